The molecule has 0 aromatic rings. The Hall–Kier alpha value is -0.610. The van der Waals surface area contributed by atoms with Crippen LogP contribution in [0.5, 0.6) is 0 Å². The predicted octanol–water partition coefficient (Wildman–Crippen LogP) is 0.681. The second kappa shape index (κ2) is 5.17. The molecule has 0 aromatic heterocycles. The fourth-order valence-electron chi connectivity index (χ4n) is 3.75. The summed E-state index contributed by atoms with van der Waals surface area (Å²) in [6, 6.07) is 0.934. The molecule has 3 heterocycles. The molecule has 18 heavy (non-hydrogen) atoms. The Labute approximate surface area is 110 Å². The van der Waals surface area contributed by atoms with Gasteiger partial charge in [0, 0.05) is 25.0 Å². The quantitative estimate of drug-likeness (QED) is 0.801. The summed E-state index contributed by atoms with van der Waals surface area (Å²) in [5, 5.41) is 3.69. The SMILES string of the molecule is CN1CCC(CNC2CC(=O)N3CCCC23)CC1. The normalized spacial score (nSPS) is 34.3. The van der Waals surface area contributed by atoms with Crippen LogP contribution in [-0.4, -0.2) is 61.0 Å². The molecule has 0 aliphatic carbocycles. The molecule has 0 radical (unpaired) electrons. The lowest BCUT2D eigenvalue weighted by atomic mass is 9.96. The van der Waals surface area contributed by atoms with Gasteiger partial charge in [0.1, 0.15) is 0 Å². The summed E-state index contributed by atoms with van der Waals surface area (Å²) in [6.07, 6.45) is 5.74. The van der Waals surface area contributed by atoms with E-state index in [0.29, 0.717) is 18.0 Å². The molecule has 0 bridgehead atoms. The summed E-state index contributed by atoms with van der Waals surface area (Å²) in [5.41, 5.74) is 0. The number of piperidine rings is 1. The smallest absolute Gasteiger partial charge is 0.224 e. The summed E-state index contributed by atoms with van der Waals surface area (Å²) in [5.74, 6) is 1.19. The lowest BCUT2D eigenvalue weighted by Crippen LogP contribution is -2.43. The molecule has 2 atom stereocenters. The molecule has 3 fully saturated rings. The van der Waals surface area contributed by atoms with Gasteiger partial charge in [-0.2, -0.15) is 0 Å². The largest absolute Gasteiger partial charge is 0.338 e. The summed E-state index contributed by atoms with van der Waals surface area (Å²) < 4.78 is 0. The van der Waals surface area contributed by atoms with E-state index in [-0.39, 0.29) is 0 Å². The van der Waals surface area contributed by atoms with E-state index >= 15 is 0 Å². The van der Waals surface area contributed by atoms with E-state index in [1.807, 2.05) is 0 Å². The van der Waals surface area contributed by atoms with E-state index < -0.39 is 0 Å². The highest BCUT2D eigenvalue weighted by atomic mass is 16.2. The van der Waals surface area contributed by atoms with Crippen LogP contribution in [0.15, 0.2) is 0 Å². The van der Waals surface area contributed by atoms with Gasteiger partial charge >= 0.3 is 0 Å². The maximum absolute atomic E-state index is 11.8. The van der Waals surface area contributed by atoms with Gasteiger partial charge in [0.05, 0.1) is 0 Å². The molecule has 4 nitrogen and oxygen atoms in total. The first kappa shape index (κ1) is 12.4. The van der Waals surface area contributed by atoms with E-state index in [2.05, 4.69) is 22.2 Å². The Morgan fingerprint density at radius 2 is 2.00 bits per heavy atom. The number of nitrogens with one attached hydrogen (secondary N) is 1. The molecule has 1 N–H and O–H groups in total. The maximum atomic E-state index is 11.8. The van der Waals surface area contributed by atoms with Crippen molar-refractivity contribution in [1.29, 1.82) is 0 Å². The topological polar surface area (TPSA) is 35.6 Å². The molecular formula is C14H25N3O. The van der Waals surface area contributed by atoms with Crippen LogP contribution in [0.3, 0.4) is 0 Å². The number of carbonyl (C=O) groups excluding carboxylic acids is 1. The molecule has 2 unspecified atom stereocenters. The molecule has 1 amide bonds. The Morgan fingerprint density at radius 3 is 2.78 bits per heavy atom. The van der Waals surface area contributed by atoms with Crippen LogP contribution in [0, 0.1) is 5.92 Å². The molecule has 0 saturated carbocycles. The molecule has 3 aliphatic rings. The molecule has 102 valence electrons. The van der Waals surface area contributed by atoms with Crippen LogP contribution in [-0.2, 0) is 4.79 Å². The third-order valence-corrected chi connectivity index (χ3v) is 4.99. The zero-order valence-electron chi connectivity index (χ0n) is 11.4. The Kier molecular flexibility index (Phi) is 3.57. The van der Waals surface area contributed by atoms with Crippen LogP contribution >= 0.6 is 0 Å². The first-order chi connectivity index (χ1) is 8.74. The van der Waals surface area contributed by atoms with Crippen molar-refractivity contribution in [2.45, 2.75) is 44.2 Å². The fourth-order valence-corrected chi connectivity index (χ4v) is 3.75. The molecule has 3 rings (SSSR count). The second-order valence-electron chi connectivity index (χ2n) is 6.26. The van der Waals surface area contributed by atoms with E-state index in [0.717, 1.165) is 25.4 Å². The third-order valence-electron chi connectivity index (χ3n) is 4.99. The molecular weight excluding hydrogens is 226 g/mol. The Morgan fingerprint density at radius 1 is 1.22 bits per heavy atom. The summed E-state index contributed by atoms with van der Waals surface area (Å²) in [4.78, 5) is 16.4. The van der Waals surface area contributed by atoms with Gasteiger partial charge in [-0.05, 0) is 58.3 Å². The number of nitrogens with zero attached hydrogens (tertiary/aromatic N) is 2. The van der Waals surface area contributed by atoms with Crippen LogP contribution < -0.4 is 5.32 Å². The predicted molar refractivity (Wildman–Crippen MR) is 71.4 cm³/mol. The van der Waals surface area contributed by atoms with Crippen LogP contribution in [0.2, 0.25) is 0 Å². The maximum Gasteiger partial charge on any atom is 0.224 e. The van der Waals surface area contributed by atoms with Gasteiger partial charge in [-0.3, -0.25) is 4.79 Å². The summed E-state index contributed by atoms with van der Waals surface area (Å²) in [7, 11) is 2.20. The van der Waals surface area contributed by atoms with Gasteiger partial charge in [0.25, 0.3) is 0 Å². The number of fused-ring (bicyclic) bond motifs is 1. The van der Waals surface area contributed by atoms with Crippen molar-refractivity contribution in [3.05, 3.63) is 0 Å². The highest BCUT2D eigenvalue weighted by Gasteiger charge is 2.42. The highest BCUT2D eigenvalue weighted by Crippen LogP contribution is 2.29. The van der Waals surface area contributed by atoms with Crippen molar-refractivity contribution in [3.63, 3.8) is 0 Å². The average molecular weight is 251 g/mol. The van der Waals surface area contributed by atoms with Crippen molar-refractivity contribution in [2.24, 2.45) is 5.92 Å². The second-order valence-corrected chi connectivity index (χ2v) is 6.26. The lowest BCUT2D eigenvalue weighted by molar-refractivity contribution is -0.127. The van der Waals surface area contributed by atoms with Crippen molar-refractivity contribution in [3.8, 4) is 0 Å². The summed E-state index contributed by atoms with van der Waals surface area (Å²) in [6.45, 7) is 4.56. The third kappa shape index (κ3) is 2.41. The zero-order valence-corrected chi connectivity index (χ0v) is 11.4. The number of likely N-dealkylation sites (tertiary alicyclic amines) is 1. The van der Waals surface area contributed by atoms with Crippen molar-refractivity contribution >= 4 is 5.91 Å². The minimum atomic E-state index is 0.373. The van der Waals surface area contributed by atoms with Gasteiger partial charge in [-0.1, -0.05) is 0 Å². The number of hydrogen-bond acceptors (Lipinski definition) is 3. The number of rotatable bonds is 3. The average Bonchev–Trinajstić information content (AvgIpc) is 2.94. The molecule has 3 aliphatic heterocycles. The first-order valence-electron chi connectivity index (χ1n) is 7.45. The van der Waals surface area contributed by atoms with E-state index in [9.17, 15) is 4.79 Å². The fraction of sp³-hybridized carbons (Fsp3) is 0.929. The van der Waals surface area contributed by atoms with Gasteiger partial charge in [-0.15, -0.1) is 0 Å². The van der Waals surface area contributed by atoms with Gasteiger partial charge < -0.3 is 15.1 Å². The van der Waals surface area contributed by atoms with Crippen molar-refractivity contribution in [1.82, 2.24) is 15.1 Å². The lowest BCUT2D eigenvalue weighted by Gasteiger charge is -2.30. The van der Waals surface area contributed by atoms with E-state index in [1.165, 1.54) is 38.8 Å². The molecule has 4 heteroatoms. The number of carbonyl (C=O) groups is 1. The van der Waals surface area contributed by atoms with Crippen LogP contribution in [0.25, 0.3) is 0 Å². The molecule has 3 saturated heterocycles. The number of amides is 1. The van der Waals surface area contributed by atoms with Gasteiger partial charge in [-0.25, -0.2) is 0 Å². The molecule has 0 spiro atoms. The number of hydrogen-bond donors (Lipinski definition) is 1. The monoisotopic (exact) mass is 251 g/mol. The van der Waals surface area contributed by atoms with Crippen molar-refractivity contribution in [2.75, 3.05) is 33.2 Å². The van der Waals surface area contributed by atoms with Crippen LogP contribution in [0.4, 0.5) is 0 Å². The Balaban J connectivity index is 1.47. The minimum absolute atomic E-state index is 0.373. The van der Waals surface area contributed by atoms with Crippen molar-refractivity contribution < 1.29 is 4.79 Å². The molecule has 0 aromatic carbocycles. The van der Waals surface area contributed by atoms with Crippen LogP contribution in [0.1, 0.15) is 32.1 Å². The minimum Gasteiger partial charge on any atom is -0.338 e. The van der Waals surface area contributed by atoms with E-state index in [1.54, 1.807) is 0 Å². The van der Waals surface area contributed by atoms with Gasteiger partial charge in [0.15, 0.2) is 0 Å². The zero-order chi connectivity index (χ0) is 12.5. The standard InChI is InChI=1S/C14H25N3O/c1-16-7-4-11(5-8-16)10-15-12-9-14(18)17-6-2-3-13(12)17/h11-13,15H,2-10H2,1H3. The highest BCUT2D eigenvalue weighted by molar-refractivity contribution is 5.80. The van der Waals surface area contributed by atoms with Gasteiger partial charge in [0.2, 0.25) is 5.91 Å². The first-order valence-corrected chi connectivity index (χ1v) is 7.45. The van der Waals surface area contributed by atoms with E-state index in [4.69, 9.17) is 0 Å². The Bertz CT molecular complexity index is 312. The summed E-state index contributed by atoms with van der Waals surface area (Å²) >= 11 is 0.